The van der Waals surface area contributed by atoms with Crippen LogP contribution in [0.2, 0.25) is 5.02 Å². The highest BCUT2D eigenvalue weighted by Crippen LogP contribution is 2.10. The van der Waals surface area contributed by atoms with Crippen LogP contribution in [0.15, 0.2) is 24.3 Å². The van der Waals surface area contributed by atoms with Crippen molar-refractivity contribution in [3.05, 3.63) is 34.9 Å². The molecule has 2 nitrogen and oxygen atoms in total. The van der Waals surface area contributed by atoms with Gasteiger partial charge in [-0.25, -0.2) is 0 Å². The van der Waals surface area contributed by atoms with Crippen molar-refractivity contribution in [3.8, 4) is 12.0 Å². The first-order valence-electron chi connectivity index (χ1n) is 5.82. The van der Waals surface area contributed by atoms with E-state index in [1.807, 2.05) is 4.90 Å². The van der Waals surface area contributed by atoms with Gasteiger partial charge in [0.15, 0.2) is 0 Å². The molecule has 1 aromatic rings. The number of hydrogen-bond donors (Lipinski definition) is 0. The minimum Gasteiger partial charge on any atom is -0.332 e. The Labute approximate surface area is 107 Å². The average Bonchev–Trinajstić information content (AvgIpc) is 2.38. The molecule has 1 aliphatic rings. The number of nitrogens with zero attached hydrogens (tertiary/aromatic N) is 1. The maximum atomic E-state index is 11.8. The summed E-state index contributed by atoms with van der Waals surface area (Å²) in [6.07, 6.45) is 3.61. The molecular formula is C14H14ClNO. The molecule has 0 bridgehead atoms. The van der Waals surface area contributed by atoms with Crippen LogP contribution in [0.4, 0.5) is 0 Å². The van der Waals surface area contributed by atoms with Crippen LogP contribution in [0.25, 0.3) is 0 Å². The lowest BCUT2D eigenvalue weighted by Crippen LogP contribution is -2.24. The largest absolute Gasteiger partial charge is 0.332 e. The molecule has 1 aromatic carbocycles. The van der Waals surface area contributed by atoms with Gasteiger partial charge in [-0.05, 0) is 49.4 Å². The Morgan fingerprint density at radius 1 is 1.12 bits per heavy atom. The number of likely N-dealkylation sites (tertiary alicyclic amines) is 1. The first-order chi connectivity index (χ1) is 8.25. The van der Waals surface area contributed by atoms with Crippen molar-refractivity contribution in [1.29, 1.82) is 0 Å². The molecule has 0 aliphatic carbocycles. The summed E-state index contributed by atoms with van der Waals surface area (Å²) in [6.45, 7) is 1.95. The van der Waals surface area contributed by atoms with Gasteiger partial charge in [-0.3, -0.25) is 4.79 Å². The van der Waals surface area contributed by atoms with E-state index in [0.717, 1.165) is 13.1 Å². The van der Waals surface area contributed by atoms with Crippen molar-refractivity contribution in [2.45, 2.75) is 19.3 Å². The van der Waals surface area contributed by atoms with E-state index < -0.39 is 0 Å². The van der Waals surface area contributed by atoms with Gasteiger partial charge in [0.2, 0.25) is 5.78 Å². The number of halogens is 1. The zero-order valence-corrected chi connectivity index (χ0v) is 10.3. The third-order valence-corrected chi connectivity index (χ3v) is 3.04. The van der Waals surface area contributed by atoms with Crippen LogP contribution in [0.1, 0.15) is 29.6 Å². The predicted molar refractivity (Wildman–Crippen MR) is 69.0 cm³/mol. The second-order valence-electron chi connectivity index (χ2n) is 4.12. The lowest BCUT2D eigenvalue weighted by molar-refractivity contribution is 0.105. The third-order valence-electron chi connectivity index (χ3n) is 2.79. The Morgan fingerprint density at radius 3 is 2.41 bits per heavy atom. The number of Topliss-reactive ketones (excluding diaryl/α,β-unsaturated/α-hetero) is 1. The highest BCUT2D eigenvalue weighted by molar-refractivity contribution is 6.30. The zero-order valence-electron chi connectivity index (χ0n) is 9.58. The Kier molecular flexibility index (Phi) is 4.06. The van der Waals surface area contributed by atoms with Crippen LogP contribution >= 0.6 is 11.6 Å². The molecule has 0 amide bonds. The van der Waals surface area contributed by atoms with Crippen molar-refractivity contribution in [1.82, 2.24) is 4.90 Å². The fraction of sp³-hybridized carbons (Fsp3) is 0.357. The van der Waals surface area contributed by atoms with Crippen LogP contribution < -0.4 is 0 Å². The van der Waals surface area contributed by atoms with E-state index in [2.05, 4.69) is 12.0 Å². The summed E-state index contributed by atoms with van der Waals surface area (Å²) in [5, 5.41) is 0.630. The highest BCUT2D eigenvalue weighted by atomic mass is 35.5. The summed E-state index contributed by atoms with van der Waals surface area (Å²) in [7, 11) is 0. The van der Waals surface area contributed by atoms with E-state index >= 15 is 0 Å². The van der Waals surface area contributed by atoms with E-state index in [0.29, 0.717) is 10.6 Å². The van der Waals surface area contributed by atoms with Crippen LogP contribution in [0.5, 0.6) is 0 Å². The monoisotopic (exact) mass is 247 g/mol. The Morgan fingerprint density at radius 2 is 1.76 bits per heavy atom. The Balaban J connectivity index is 2.01. The lowest BCUT2D eigenvalue weighted by atomic mass is 10.1. The molecule has 1 fully saturated rings. The fourth-order valence-electron chi connectivity index (χ4n) is 1.81. The number of rotatable bonds is 1. The van der Waals surface area contributed by atoms with Crippen molar-refractivity contribution < 1.29 is 4.79 Å². The molecule has 88 valence electrons. The number of carbonyl (C=O) groups is 1. The number of benzene rings is 1. The van der Waals surface area contributed by atoms with Gasteiger partial charge in [0.25, 0.3) is 0 Å². The van der Waals surface area contributed by atoms with Gasteiger partial charge in [0.05, 0.1) is 0 Å². The van der Waals surface area contributed by atoms with Crippen LogP contribution in [0.3, 0.4) is 0 Å². The van der Waals surface area contributed by atoms with E-state index in [-0.39, 0.29) is 5.78 Å². The van der Waals surface area contributed by atoms with E-state index in [9.17, 15) is 4.79 Å². The molecule has 1 saturated heterocycles. The van der Waals surface area contributed by atoms with Crippen molar-refractivity contribution in [2.24, 2.45) is 0 Å². The Bertz CT molecular complexity index is 449. The molecule has 0 atom stereocenters. The summed E-state index contributed by atoms with van der Waals surface area (Å²) >= 11 is 5.76. The first-order valence-corrected chi connectivity index (χ1v) is 6.20. The van der Waals surface area contributed by atoms with Gasteiger partial charge in [-0.2, -0.15) is 0 Å². The van der Waals surface area contributed by atoms with E-state index in [1.54, 1.807) is 24.3 Å². The molecule has 0 unspecified atom stereocenters. The molecule has 3 heteroatoms. The summed E-state index contributed by atoms with van der Waals surface area (Å²) < 4.78 is 0. The van der Waals surface area contributed by atoms with Crippen molar-refractivity contribution >= 4 is 17.4 Å². The van der Waals surface area contributed by atoms with Gasteiger partial charge >= 0.3 is 0 Å². The van der Waals surface area contributed by atoms with Crippen molar-refractivity contribution in [2.75, 3.05) is 13.1 Å². The maximum absolute atomic E-state index is 11.8. The number of ketones is 1. The van der Waals surface area contributed by atoms with E-state index in [4.69, 9.17) is 11.6 Å². The molecule has 0 saturated carbocycles. The minimum absolute atomic E-state index is 0.146. The van der Waals surface area contributed by atoms with Gasteiger partial charge in [-0.1, -0.05) is 11.6 Å². The topological polar surface area (TPSA) is 20.3 Å². The summed E-state index contributed by atoms with van der Waals surface area (Å²) in [4.78, 5) is 13.8. The molecule has 1 aliphatic heterocycles. The molecule has 0 N–H and O–H groups in total. The summed E-state index contributed by atoms with van der Waals surface area (Å²) in [6, 6.07) is 9.75. The van der Waals surface area contributed by atoms with Crippen LogP contribution in [0, 0.1) is 12.0 Å². The number of hydrogen-bond acceptors (Lipinski definition) is 2. The summed E-state index contributed by atoms with van der Waals surface area (Å²) in [5.74, 6) is 2.54. The number of carbonyl (C=O) groups excluding carboxylic acids is 1. The van der Waals surface area contributed by atoms with Gasteiger partial charge < -0.3 is 4.90 Å². The smallest absolute Gasteiger partial charge is 0.237 e. The van der Waals surface area contributed by atoms with Gasteiger partial charge in [0, 0.05) is 29.7 Å². The SMILES string of the molecule is O=C(C#CN1CCCCC1)c1ccc(Cl)cc1. The van der Waals surface area contributed by atoms with Gasteiger partial charge in [-0.15, -0.1) is 0 Å². The van der Waals surface area contributed by atoms with Crippen LogP contribution in [-0.2, 0) is 0 Å². The maximum Gasteiger partial charge on any atom is 0.237 e. The number of piperidine rings is 1. The minimum atomic E-state index is -0.146. The zero-order chi connectivity index (χ0) is 12.1. The molecule has 0 spiro atoms. The highest BCUT2D eigenvalue weighted by Gasteiger charge is 2.06. The normalized spacial score (nSPS) is 15.0. The summed E-state index contributed by atoms with van der Waals surface area (Å²) in [5.41, 5.74) is 0.596. The van der Waals surface area contributed by atoms with Crippen molar-refractivity contribution in [3.63, 3.8) is 0 Å². The molecule has 0 aromatic heterocycles. The average molecular weight is 248 g/mol. The standard InChI is InChI=1S/C14H14ClNO/c15-13-6-4-12(5-7-13)14(17)8-11-16-9-2-1-3-10-16/h4-7H,1-3,9-10H2. The fourth-order valence-corrected chi connectivity index (χ4v) is 1.93. The second kappa shape index (κ2) is 5.75. The molecule has 1 heterocycles. The second-order valence-corrected chi connectivity index (χ2v) is 4.56. The lowest BCUT2D eigenvalue weighted by Gasteiger charge is -2.21. The van der Waals surface area contributed by atoms with Crippen LogP contribution in [-0.4, -0.2) is 23.8 Å². The molecule has 17 heavy (non-hydrogen) atoms. The molecule has 0 radical (unpaired) electrons. The Hall–Kier alpha value is -1.46. The van der Waals surface area contributed by atoms with E-state index in [1.165, 1.54) is 19.3 Å². The molecule has 2 rings (SSSR count). The quantitative estimate of drug-likeness (QED) is 0.562. The third kappa shape index (κ3) is 3.51. The first kappa shape index (κ1) is 12.0. The predicted octanol–water partition coefficient (Wildman–Crippen LogP) is 2.97. The molecular weight excluding hydrogens is 234 g/mol. The van der Waals surface area contributed by atoms with Gasteiger partial charge in [0.1, 0.15) is 0 Å².